The number of carbonyl (C=O) groups excluding carboxylic acids is 1. The Bertz CT molecular complexity index is 1450. The van der Waals surface area contributed by atoms with Gasteiger partial charge in [-0.2, -0.15) is 9.78 Å². The summed E-state index contributed by atoms with van der Waals surface area (Å²) in [5.41, 5.74) is 2.38. The number of nitrogens with one attached hydrogen (secondary N) is 1. The molecule has 1 heterocycles. The lowest BCUT2D eigenvalue weighted by molar-refractivity contribution is 0.0930. The standard InChI is InChI=1S/C27H26N4O3/c1-18-10-9-15-23(16-18)31-27(34)30(17-22-14-8-7-11-19(22)2)26(33)24(29-31)25(32)28-20(3)21-12-5-4-6-13-21/h4-16,20H,17H2,1-3H3,(H,28,32)/t20-/m0/s1. The van der Waals surface area contributed by atoms with Crippen LogP contribution in [0.4, 0.5) is 0 Å². The highest BCUT2D eigenvalue weighted by Gasteiger charge is 2.22. The molecular weight excluding hydrogens is 428 g/mol. The molecule has 0 bridgehead atoms. The van der Waals surface area contributed by atoms with Crippen molar-refractivity contribution in [3.8, 4) is 5.69 Å². The Morgan fingerprint density at radius 3 is 2.35 bits per heavy atom. The van der Waals surface area contributed by atoms with Crippen molar-refractivity contribution >= 4 is 5.91 Å². The molecule has 0 fully saturated rings. The largest absolute Gasteiger partial charge is 0.352 e. The van der Waals surface area contributed by atoms with Gasteiger partial charge in [-0.1, -0.05) is 66.7 Å². The molecule has 7 heteroatoms. The van der Waals surface area contributed by atoms with Crippen LogP contribution in [0.3, 0.4) is 0 Å². The average Bonchev–Trinajstić information content (AvgIpc) is 2.83. The second-order valence-electron chi connectivity index (χ2n) is 8.31. The van der Waals surface area contributed by atoms with Crippen LogP contribution in [0.1, 0.15) is 45.7 Å². The maximum atomic E-state index is 13.4. The van der Waals surface area contributed by atoms with E-state index in [1.165, 1.54) is 0 Å². The minimum absolute atomic E-state index is 0.0349. The van der Waals surface area contributed by atoms with E-state index in [0.29, 0.717) is 5.69 Å². The third kappa shape index (κ3) is 4.73. The van der Waals surface area contributed by atoms with Crippen LogP contribution in [0, 0.1) is 13.8 Å². The summed E-state index contributed by atoms with van der Waals surface area (Å²) in [6, 6.07) is 23.8. The lowest BCUT2D eigenvalue weighted by Crippen LogP contribution is -2.46. The highest BCUT2D eigenvalue weighted by Crippen LogP contribution is 2.12. The van der Waals surface area contributed by atoms with Crippen molar-refractivity contribution in [2.45, 2.75) is 33.4 Å². The van der Waals surface area contributed by atoms with Gasteiger partial charge in [0.1, 0.15) is 0 Å². The zero-order valence-corrected chi connectivity index (χ0v) is 19.4. The van der Waals surface area contributed by atoms with Crippen LogP contribution in [0.15, 0.2) is 88.5 Å². The third-order valence-corrected chi connectivity index (χ3v) is 5.76. The van der Waals surface area contributed by atoms with Gasteiger partial charge in [-0.25, -0.2) is 4.79 Å². The summed E-state index contributed by atoms with van der Waals surface area (Å²) >= 11 is 0. The molecule has 1 amide bonds. The molecule has 0 aliphatic carbocycles. The molecule has 0 saturated heterocycles. The Labute approximate surface area is 197 Å². The number of aryl methyl sites for hydroxylation is 2. The normalized spacial score (nSPS) is 11.7. The molecule has 3 aromatic carbocycles. The monoisotopic (exact) mass is 454 g/mol. The van der Waals surface area contributed by atoms with E-state index >= 15 is 0 Å². The van der Waals surface area contributed by atoms with E-state index in [-0.39, 0.29) is 18.3 Å². The van der Waals surface area contributed by atoms with Gasteiger partial charge < -0.3 is 5.32 Å². The SMILES string of the molecule is Cc1cccc(-n2nc(C(=O)N[C@@H](C)c3ccccc3)c(=O)n(Cc3ccccc3C)c2=O)c1. The molecule has 34 heavy (non-hydrogen) atoms. The van der Waals surface area contributed by atoms with Gasteiger partial charge in [-0.15, -0.1) is 0 Å². The lowest BCUT2D eigenvalue weighted by Gasteiger charge is -2.16. The predicted molar refractivity (Wildman–Crippen MR) is 131 cm³/mol. The third-order valence-electron chi connectivity index (χ3n) is 5.76. The van der Waals surface area contributed by atoms with Crippen molar-refractivity contribution in [1.29, 1.82) is 0 Å². The topological polar surface area (TPSA) is 86.0 Å². The van der Waals surface area contributed by atoms with Gasteiger partial charge in [0, 0.05) is 0 Å². The van der Waals surface area contributed by atoms with Crippen LogP contribution in [0.25, 0.3) is 5.69 Å². The summed E-state index contributed by atoms with van der Waals surface area (Å²) < 4.78 is 2.19. The summed E-state index contributed by atoms with van der Waals surface area (Å²) in [6.45, 7) is 5.67. The minimum Gasteiger partial charge on any atom is -0.344 e. The molecule has 0 spiro atoms. The number of amides is 1. The summed E-state index contributed by atoms with van der Waals surface area (Å²) in [4.78, 5) is 39.9. The molecule has 4 aromatic rings. The molecule has 0 aliphatic rings. The molecule has 0 saturated carbocycles. The molecule has 1 aromatic heterocycles. The van der Waals surface area contributed by atoms with E-state index in [4.69, 9.17) is 0 Å². The van der Waals surface area contributed by atoms with Crippen molar-refractivity contribution < 1.29 is 4.79 Å². The van der Waals surface area contributed by atoms with E-state index in [2.05, 4.69) is 10.4 Å². The maximum Gasteiger partial charge on any atom is 0.352 e. The predicted octanol–water partition coefficient (Wildman–Crippen LogP) is 3.55. The number of benzene rings is 3. The molecule has 172 valence electrons. The number of aromatic nitrogens is 3. The van der Waals surface area contributed by atoms with Gasteiger partial charge in [0.2, 0.25) is 5.69 Å². The summed E-state index contributed by atoms with van der Waals surface area (Å²) in [6.07, 6.45) is 0. The van der Waals surface area contributed by atoms with Gasteiger partial charge in [0.05, 0.1) is 18.3 Å². The number of carbonyl (C=O) groups is 1. The smallest absolute Gasteiger partial charge is 0.344 e. The van der Waals surface area contributed by atoms with E-state index in [9.17, 15) is 14.4 Å². The van der Waals surface area contributed by atoms with Crippen molar-refractivity contribution in [1.82, 2.24) is 19.7 Å². The van der Waals surface area contributed by atoms with Crippen LogP contribution in [-0.4, -0.2) is 20.3 Å². The Balaban J connectivity index is 1.83. The average molecular weight is 455 g/mol. The van der Waals surface area contributed by atoms with Crippen molar-refractivity contribution in [2.75, 3.05) is 0 Å². The van der Waals surface area contributed by atoms with Crippen LogP contribution in [0.5, 0.6) is 0 Å². The van der Waals surface area contributed by atoms with Gasteiger partial charge in [0.15, 0.2) is 0 Å². The fourth-order valence-electron chi connectivity index (χ4n) is 3.77. The zero-order chi connectivity index (χ0) is 24.2. The highest BCUT2D eigenvalue weighted by atomic mass is 16.2. The summed E-state index contributed by atoms with van der Waals surface area (Å²) in [7, 11) is 0. The fraction of sp³-hybridized carbons (Fsp3) is 0.185. The molecule has 0 aliphatic heterocycles. The van der Waals surface area contributed by atoms with Crippen LogP contribution in [-0.2, 0) is 6.54 Å². The number of hydrogen-bond acceptors (Lipinski definition) is 4. The first-order valence-corrected chi connectivity index (χ1v) is 11.1. The molecule has 1 N–H and O–H groups in total. The van der Waals surface area contributed by atoms with Gasteiger partial charge in [-0.3, -0.25) is 14.2 Å². The fourth-order valence-corrected chi connectivity index (χ4v) is 3.77. The first-order chi connectivity index (χ1) is 16.3. The maximum absolute atomic E-state index is 13.4. The highest BCUT2D eigenvalue weighted by molar-refractivity contribution is 5.92. The van der Waals surface area contributed by atoms with Gasteiger partial charge >= 0.3 is 5.69 Å². The molecule has 4 rings (SSSR count). The van der Waals surface area contributed by atoms with Gasteiger partial charge in [-0.05, 0) is 55.2 Å². The van der Waals surface area contributed by atoms with Crippen molar-refractivity contribution in [3.05, 3.63) is 128 Å². The summed E-state index contributed by atoms with van der Waals surface area (Å²) in [5.74, 6) is -0.638. The van der Waals surface area contributed by atoms with Crippen molar-refractivity contribution in [2.24, 2.45) is 0 Å². The van der Waals surface area contributed by atoms with E-state index < -0.39 is 17.2 Å². The van der Waals surface area contributed by atoms with Crippen LogP contribution >= 0.6 is 0 Å². The summed E-state index contributed by atoms with van der Waals surface area (Å²) in [5, 5.41) is 7.05. The zero-order valence-electron chi connectivity index (χ0n) is 19.4. The first kappa shape index (κ1) is 22.9. The molecular formula is C27H26N4O3. The van der Waals surface area contributed by atoms with E-state index in [0.717, 1.165) is 31.5 Å². The number of rotatable bonds is 6. The lowest BCUT2D eigenvalue weighted by atomic mass is 10.1. The number of nitrogens with zero attached hydrogens (tertiary/aromatic N) is 3. The second-order valence-corrected chi connectivity index (χ2v) is 8.31. The van der Waals surface area contributed by atoms with E-state index in [1.807, 2.05) is 81.4 Å². The Morgan fingerprint density at radius 1 is 0.941 bits per heavy atom. The molecule has 0 unspecified atom stereocenters. The Hall–Kier alpha value is -4.26. The molecule has 7 nitrogen and oxygen atoms in total. The van der Waals surface area contributed by atoms with Crippen LogP contribution < -0.4 is 16.6 Å². The molecule has 0 radical (unpaired) electrons. The van der Waals surface area contributed by atoms with Crippen molar-refractivity contribution in [3.63, 3.8) is 0 Å². The quantitative estimate of drug-likeness (QED) is 0.483. The van der Waals surface area contributed by atoms with E-state index in [1.54, 1.807) is 18.2 Å². The minimum atomic E-state index is -0.727. The van der Waals surface area contributed by atoms with Crippen LogP contribution in [0.2, 0.25) is 0 Å². The second kappa shape index (κ2) is 9.70. The Morgan fingerprint density at radius 2 is 1.65 bits per heavy atom. The van der Waals surface area contributed by atoms with Gasteiger partial charge in [0.25, 0.3) is 11.5 Å². The Kier molecular flexibility index (Phi) is 6.54. The first-order valence-electron chi connectivity index (χ1n) is 11.1. The number of hydrogen-bond donors (Lipinski definition) is 1. The molecule has 1 atom stereocenters.